The Labute approximate surface area is 103 Å². The topological polar surface area (TPSA) is 35.2 Å². The summed E-state index contributed by atoms with van der Waals surface area (Å²) in [5, 5.41) is 0. The van der Waals surface area contributed by atoms with Crippen LogP contribution in [0, 0.1) is 5.92 Å². The molecule has 2 saturated carbocycles. The fourth-order valence-electron chi connectivity index (χ4n) is 2.52. The first-order valence-electron chi connectivity index (χ1n) is 6.70. The van der Waals surface area contributed by atoms with Crippen molar-refractivity contribution in [3.8, 4) is 5.75 Å². The lowest BCUT2D eigenvalue weighted by Gasteiger charge is -2.20. The summed E-state index contributed by atoms with van der Waals surface area (Å²) < 4.78 is 5.75. The Hall–Kier alpha value is -1.02. The standard InChI is InChI=1S/C15H21NO/c1-11(16)15(8-9-15)13-4-6-14(7-5-13)17-10-12-2-3-12/h4-7,11-12H,2-3,8-10,16H2,1H3. The maximum Gasteiger partial charge on any atom is 0.119 e. The Bertz CT molecular complexity index is 388. The summed E-state index contributed by atoms with van der Waals surface area (Å²) in [7, 11) is 0. The fourth-order valence-corrected chi connectivity index (χ4v) is 2.52. The Morgan fingerprint density at radius 2 is 1.94 bits per heavy atom. The van der Waals surface area contributed by atoms with Crippen LogP contribution in [0.2, 0.25) is 0 Å². The molecule has 2 heteroatoms. The highest BCUT2D eigenvalue weighted by Crippen LogP contribution is 2.50. The van der Waals surface area contributed by atoms with E-state index in [0.29, 0.717) is 0 Å². The molecule has 1 aromatic rings. The summed E-state index contributed by atoms with van der Waals surface area (Å²) in [6.45, 7) is 3.00. The molecule has 92 valence electrons. The molecule has 0 aliphatic heterocycles. The second kappa shape index (κ2) is 4.02. The van der Waals surface area contributed by atoms with Crippen molar-refractivity contribution in [3.05, 3.63) is 29.8 Å². The van der Waals surface area contributed by atoms with Crippen LogP contribution >= 0.6 is 0 Å². The lowest BCUT2D eigenvalue weighted by Crippen LogP contribution is -2.31. The second-order valence-electron chi connectivity index (χ2n) is 5.72. The smallest absolute Gasteiger partial charge is 0.119 e. The average molecular weight is 231 g/mol. The van der Waals surface area contributed by atoms with Crippen LogP contribution in [0.15, 0.2) is 24.3 Å². The molecule has 1 atom stereocenters. The van der Waals surface area contributed by atoms with Gasteiger partial charge in [-0.15, -0.1) is 0 Å². The molecular weight excluding hydrogens is 210 g/mol. The molecule has 0 spiro atoms. The van der Waals surface area contributed by atoms with Crippen LogP contribution in [-0.2, 0) is 5.41 Å². The molecule has 0 aromatic heterocycles. The fraction of sp³-hybridized carbons (Fsp3) is 0.600. The Morgan fingerprint density at radius 1 is 1.29 bits per heavy atom. The summed E-state index contributed by atoms with van der Waals surface area (Å²) in [6, 6.07) is 8.83. The minimum Gasteiger partial charge on any atom is -0.493 e. The third-order valence-corrected chi connectivity index (χ3v) is 4.27. The molecule has 0 bridgehead atoms. The van der Waals surface area contributed by atoms with E-state index in [2.05, 4.69) is 31.2 Å². The van der Waals surface area contributed by atoms with Crippen LogP contribution in [0.25, 0.3) is 0 Å². The second-order valence-corrected chi connectivity index (χ2v) is 5.72. The first-order valence-corrected chi connectivity index (χ1v) is 6.70. The maximum atomic E-state index is 6.08. The number of nitrogens with two attached hydrogens (primary N) is 1. The van der Waals surface area contributed by atoms with Crippen molar-refractivity contribution < 1.29 is 4.74 Å². The van der Waals surface area contributed by atoms with E-state index in [0.717, 1.165) is 18.3 Å². The third-order valence-electron chi connectivity index (χ3n) is 4.27. The maximum absolute atomic E-state index is 6.08. The molecule has 3 rings (SSSR count). The van der Waals surface area contributed by atoms with E-state index in [9.17, 15) is 0 Å². The molecule has 2 fully saturated rings. The van der Waals surface area contributed by atoms with Crippen LogP contribution in [0.5, 0.6) is 5.75 Å². The van der Waals surface area contributed by atoms with E-state index in [1.165, 1.54) is 31.2 Å². The molecule has 2 nitrogen and oxygen atoms in total. The normalized spacial score (nSPS) is 23.2. The zero-order chi connectivity index (χ0) is 11.9. The van der Waals surface area contributed by atoms with E-state index in [-0.39, 0.29) is 11.5 Å². The van der Waals surface area contributed by atoms with Gasteiger partial charge in [-0.1, -0.05) is 12.1 Å². The van der Waals surface area contributed by atoms with Gasteiger partial charge < -0.3 is 10.5 Å². The SMILES string of the molecule is CC(N)C1(c2ccc(OCC3CC3)cc2)CC1. The van der Waals surface area contributed by atoms with Gasteiger partial charge in [0, 0.05) is 11.5 Å². The minimum absolute atomic E-state index is 0.251. The third kappa shape index (κ3) is 2.19. The highest BCUT2D eigenvalue weighted by molar-refractivity contribution is 5.37. The van der Waals surface area contributed by atoms with Gasteiger partial charge in [0.15, 0.2) is 0 Å². The van der Waals surface area contributed by atoms with E-state index in [1.807, 2.05) is 0 Å². The minimum atomic E-state index is 0.251. The van der Waals surface area contributed by atoms with Gasteiger partial charge in [0.1, 0.15) is 5.75 Å². The van der Waals surface area contributed by atoms with Crippen LogP contribution in [0.3, 0.4) is 0 Å². The summed E-state index contributed by atoms with van der Waals surface area (Å²) in [5.74, 6) is 1.81. The van der Waals surface area contributed by atoms with Gasteiger partial charge in [0.25, 0.3) is 0 Å². The largest absolute Gasteiger partial charge is 0.493 e. The van der Waals surface area contributed by atoms with Crippen LogP contribution in [0.1, 0.15) is 38.2 Å². The number of rotatable bonds is 5. The summed E-state index contributed by atoms with van der Waals surface area (Å²) in [5.41, 5.74) is 7.72. The predicted molar refractivity (Wildman–Crippen MR) is 69.2 cm³/mol. The average Bonchev–Trinajstić information content (AvgIpc) is 3.20. The first-order chi connectivity index (χ1) is 8.21. The van der Waals surface area contributed by atoms with Crippen molar-refractivity contribution >= 4 is 0 Å². The lowest BCUT2D eigenvalue weighted by molar-refractivity contribution is 0.299. The molecule has 0 radical (unpaired) electrons. The quantitative estimate of drug-likeness (QED) is 0.845. The highest BCUT2D eigenvalue weighted by atomic mass is 16.5. The van der Waals surface area contributed by atoms with Crippen molar-refractivity contribution in [2.75, 3.05) is 6.61 Å². The van der Waals surface area contributed by atoms with Crippen molar-refractivity contribution in [2.24, 2.45) is 11.7 Å². The number of hydrogen-bond donors (Lipinski definition) is 1. The summed E-state index contributed by atoms with van der Waals surface area (Å²) in [4.78, 5) is 0. The molecule has 2 aliphatic carbocycles. The van der Waals surface area contributed by atoms with Gasteiger partial charge in [-0.3, -0.25) is 0 Å². The summed E-state index contributed by atoms with van der Waals surface area (Å²) >= 11 is 0. The van der Waals surface area contributed by atoms with Crippen molar-refractivity contribution in [3.63, 3.8) is 0 Å². The molecule has 2 N–H and O–H groups in total. The Kier molecular flexibility index (Phi) is 2.62. The van der Waals surface area contributed by atoms with Crippen LogP contribution in [0.4, 0.5) is 0 Å². The Morgan fingerprint density at radius 3 is 2.41 bits per heavy atom. The molecule has 0 heterocycles. The number of hydrogen-bond acceptors (Lipinski definition) is 2. The lowest BCUT2D eigenvalue weighted by atomic mass is 9.89. The van der Waals surface area contributed by atoms with Gasteiger partial charge in [0.2, 0.25) is 0 Å². The van der Waals surface area contributed by atoms with Crippen molar-refractivity contribution in [1.29, 1.82) is 0 Å². The monoisotopic (exact) mass is 231 g/mol. The molecule has 2 aliphatic rings. The van der Waals surface area contributed by atoms with E-state index in [4.69, 9.17) is 10.5 Å². The van der Waals surface area contributed by atoms with Crippen molar-refractivity contribution in [2.45, 2.75) is 44.1 Å². The molecule has 1 unspecified atom stereocenters. The van der Waals surface area contributed by atoms with E-state index < -0.39 is 0 Å². The Balaban J connectivity index is 1.67. The molecule has 0 saturated heterocycles. The predicted octanol–water partition coefficient (Wildman–Crippen LogP) is 2.85. The zero-order valence-corrected chi connectivity index (χ0v) is 10.5. The van der Waals surface area contributed by atoms with Crippen LogP contribution in [-0.4, -0.2) is 12.6 Å². The van der Waals surface area contributed by atoms with Crippen LogP contribution < -0.4 is 10.5 Å². The molecule has 17 heavy (non-hydrogen) atoms. The highest BCUT2D eigenvalue weighted by Gasteiger charge is 2.47. The zero-order valence-electron chi connectivity index (χ0n) is 10.5. The van der Waals surface area contributed by atoms with Gasteiger partial charge in [-0.05, 0) is 56.2 Å². The van der Waals surface area contributed by atoms with E-state index in [1.54, 1.807) is 0 Å². The van der Waals surface area contributed by atoms with E-state index >= 15 is 0 Å². The van der Waals surface area contributed by atoms with Gasteiger partial charge in [-0.25, -0.2) is 0 Å². The van der Waals surface area contributed by atoms with Crippen molar-refractivity contribution in [1.82, 2.24) is 0 Å². The summed E-state index contributed by atoms with van der Waals surface area (Å²) in [6.07, 6.45) is 5.14. The van der Waals surface area contributed by atoms with Gasteiger partial charge in [-0.2, -0.15) is 0 Å². The van der Waals surface area contributed by atoms with Gasteiger partial charge in [0.05, 0.1) is 6.61 Å². The molecular formula is C15H21NO. The van der Waals surface area contributed by atoms with Gasteiger partial charge >= 0.3 is 0 Å². The molecule has 0 amide bonds. The first kappa shape index (κ1) is 11.1. The number of ether oxygens (including phenoxy) is 1. The number of benzene rings is 1. The molecule has 1 aromatic carbocycles.